The van der Waals surface area contributed by atoms with Gasteiger partial charge in [0.25, 0.3) is 0 Å². The molecular formula is C45H53NO2S. The van der Waals surface area contributed by atoms with Crippen LogP contribution in [0, 0.1) is 0 Å². The number of benzene rings is 4. The molecule has 2 aromatic heterocycles. The predicted molar refractivity (Wildman–Crippen MR) is 212 cm³/mol. The summed E-state index contributed by atoms with van der Waals surface area (Å²) >= 11 is 1.62. The topological polar surface area (TPSA) is 34.2 Å². The van der Waals surface area contributed by atoms with E-state index in [4.69, 9.17) is 9.47 Å². The Labute approximate surface area is 297 Å². The van der Waals surface area contributed by atoms with Crippen molar-refractivity contribution in [2.75, 3.05) is 13.4 Å². The van der Waals surface area contributed by atoms with Gasteiger partial charge < -0.3 is 14.5 Å². The van der Waals surface area contributed by atoms with Crippen LogP contribution in [0.5, 0.6) is 5.06 Å². The van der Waals surface area contributed by atoms with E-state index < -0.39 is 0 Å². The molecule has 0 saturated heterocycles. The van der Waals surface area contributed by atoms with Gasteiger partial charge in [0.15, 0.2) is 11.9 Å². The Morgan fingerprint density at radius 3 is 1.63 bits per heavy atom. The standard InChI is InChI=1S/C45H53NO2S/c1-8-44(9-2,10-3)35-20-15-31(16-21-35)33-19-24-41-38(27-33)40-29-34(32-17-22-36(23-18-32)45(11-4,12-5)13-6)28-39(42(40)46-41)37-25-26-49-43(37)48-30-47-14-7/h15-29,46H,8-14,30H2,1-7H3. The predicted octanol–water partition coefficient (Wildman–Crippen LogP) is 13.7. The normalized spacial score (nSPS) is 12.3. The maximum Gasteiger partial charge on any atom is 0.190 e. The second-order valence-corrected chi connectivity index (χ2v) is 14.4. The fourth-order valence-corrected chi connectivity index (χ4v) is 8.85. The van der Waals surface area contributed by atoms with Gasteiger partial charge in [-0.15, -0.1) is 11.3 Å². The second-order valence-electron chi connectivity index (χ2n) is 13.5. The van der Waals surface area contributed by atoms with Gasteiger partial charge in [-0.05, 0) is 125 Å². The third kappa shape index (κ3) is 6.46. The molecular weight excluding hydrogens is 619 g/mol. The summed E-state index contributed by atoms with van der Waals surface area (Å²) in [6.07, 6.45) is 6.92. The molecule has 0 aliphatic rings. The minimum absolute atomic E-state index is 0.230. The van der Waals surface area contributed by atoms with E-state index in [1.54, 1.807) is 11.3 Å². The zero-order valence-electron chi connectivity index (χ0n) is 30.5. The highest BCUT2D eigenvalue weighted by Gasteiger charge is 2.27. The lowest BCUT2D eigenvalue weighted by Gasteiger charge is -2.31. The van der Waals surface area contributed by atoms with Crippen molar-refractivity contribution in [3.8, 4) is 38.4 Å². The van der Waals surface area contributed by atoms with E-state index in [9.17, 15) is 0 Å². The summed E-state index contributed by atoms with van der Waals surface area (Å²) in [5, 5.41) is 5.44. The maximum absolute atomic E-state index is 6.15. The minimum atomic E-state index is 0.230. The van der Waals surface area contributed by atoms with Crippen LogP contribution in [0.1, 0.15) is 98.1 Å². The molecule has 256 valence electrons. The number of aromatic nitrogens is 1. The Kier molecular flexibility index (Phi) is 10.7. The smallest absolute Gasteiger partial charge is 0.190 e. The van der Waals surface area contributed by atoms with Crippen LogP contribution in [0.15, 0.2) is 90.3 Å². The summed E-state index contributed by atoms with van der Waals surface area (Å²) in [6.45, 7) is 16.8. The number of ether oxygens (including phenoxy) is 2. The molecule has 0 aliphatic heterocycles. The first-order chi connectivity index (χ1) is 23.9. The number of rotatable bonds is 15. The molecule has 0 atom stereocenters. The van der Waals surface area contributed by atoms with Gasteiger partial charge in [-0.25, -0.2) is 0 Å². The van der Waals surface area contributed by atoms with Crippen LogP contribution in [-0.2, 0) is 15.6 Å². The number of H-pyrrole nitrogens is 1. The lowest BCUT2D eigenvalue weighted by atomic mass is 9.73. The van der Waals surface area contributed by atoms with Gasteiger partial charge in [-0.1, -0.05) is 96.1 Å². The third-order valence-corrected chi connectivity index (χ3v) is 12.7. The summed E-state index contributed by atoms with van der Waals surface area (Å²) in [6, 6.07) is 32.4. The number of hydrogen-bond acceptors (Lipinski definition) is 3. The van der Waals surface area contributed by atoms with Crippen molar-refractivity contribution in [3.63, 3.8) is 0 Å². The van der Waals surface area contributed by atoms with E-state index in [0.29, 0.717) is 6.61 Å². The molecule has 6 rings (SSSR count). The van der Waals surface area contributed by atoms with Crippen LogP contribution < -0.4 is 4.74 Å². The van der Waals surface area contributed by atoms with Crippen LogP contribution in [0.25, 0.3) is 55.2 Å². The van der Waals surface area contributed by atoms with E-state index in [2.05, 4.69) is 137 Å². The van der Waals surface area contributed by atoms with Crippen molar-refractivity contribution >= 4 is 33.1 Å². The molecule has 0 saturated carbocycles. The van der Waals surface area contributed by atoms with Crippen molar-refractivity contribution in [1.82, 2.24) is 4.98 Å². The van der Waals surface area contributed by atoms with Crippen molar-refractivity contribution in [1.29, 1.82) is 0 Å². The summed E-state index contributed by atoms with van der Waals surface area (Å²) in [5.74, 6) is 0. The van der Waals surface area contributed by atoms with E-state index in [1.807, 2.05) is 6.92 Å². The van der Waals surface area contributed by atoms with Gasteiger partial charge >= 0.3 is 0 Å². The highest BCUT2D eigenvalue weighted by atomic mass is 32.1. The van der Waals surface area contributed by atoms with Gasteiger partial charge in [0.1, 0.15) is 0 Å². The fraction of sp³-hybridized carbons (Fsp3) is 0.378. The molecule has 4 aromatic carbocycles. The molecule has 0 unspecified atom stereocenters. The number of aromatic amines is 1. The molecule has 0 bridgehead atoms. The van der Waals surface area contributed by atoms with Gasteiger partial charge in [0.05, 0.1) is 5.52 Å². The number of fused-ring (bicyclic) bond motifs is 3. The maximum atomic E-state index is 6.15. The van der Waals surface area contributed by atoms with E-state index in [1.165, 1.54) is 44.2 Å². The minimum Gasteiger partial charge on any atom is -0.457 e. The first kappa shape index (κ1) is 35.0. The zero-order valence-corrected chi connectivity index (χ0v) is 31.4. The van der Waals surface area contributed by atoms with E-state index >= 15 is 0 Å². The van der Waals surface area contributed by atoms with E-state index in [0.717, 1.165) is 65.7 Å². The molecule has 3 nitrogen and oxygen atoms in total. The first-order valence-electron chi connectivity index (χ1n) is 18.5. The average molecular weight is 672 g/mol. The Morgan fingerprint density at radius 2 is 1.08 bits per heavy atom. The Balaban J connectivity index is 1.50. The van der Waals surface area contributed by atoms with Crippen LogP contribution >= 0.6 is 11.3 Å². The molecule has 1 N–H and O–H groups in total. The number of thiophene rings is 1. The highest BCUT2D eigenvalue weighted by molar-refractivity contribution is 7.12. The van der Waals surface area contributed by atoms with Gasteiger partial charge in [0.2, 0.25) is 0 Å². The van der Waals surface area contributed by atoms with Gasteiger partial charge in [-0.3, -0.25) is 0 Å². The van der Waals surface area contributed by atoms with Crippen LogP contribution in [0.4, 0.5) is 0 Å². The van der Waals surface area contributed by atoms with Crippen molar-refractivity contribution in [2.24, 2.45) is 0 Å². The molecule has 0 spiro atoms. The van der Waals surface area contributed by atoms with Gasteiger partial charge in [-0.2, -0.15) is 0 Å². The molecule has 6 aromatic rings. The molecule has 49 heavy (non-hydrogen) atoms. The lowest BCUT2D eigenvalue weighted by molar-refractivity contribution is 0.0250. The molecule has 0 aliphatic carbocycles. The summed E-state index contributed by atoms with van der Waals surface area (Å²) in [4.78, 5) is 3.81. The molecule has 0 amide bonds. The lowest BCUT2D eigenvalue weighted by Crippen LogP contribution is -2.23. The Morgan fingerprint density at radius 1 is 0.551 bits per heavy atom. The zero-order chi connectivity index (χ0) is 34.6. The Hall–Kier alpha value is -3.86. The molecule has 4 heteroatoms. The molecule has 0 fully saturated rings. The SMILES string of the molecule is CCOCOc1sccc1-c1cc(-c2ccc(C(CC)(CC)CC)cc2)cc2c1[nH]c1ccc(-c3ccc(C(CC)(CC)CC)cc3)cc12. The monoisotopic (exact) mass is 671 g/mol. The fourth-order valence-electron chi connectivity index (χ4n) is 8.10. The van der Waals surface area contributed by atoms with Crippen LogP contribution in [0.3, 0.4) is 0 Å². The van der Waals surface area contributed by atoms with Crippen LogP contribution in [-0.4, -0.2) is 18.4 Å². The molecule has 0 radical (unpaired) electrons. The first-order valence-corrected chi connectivity index (χ1v) is 19.4. The highest BCUT2D eigenvalue weighted by Crippen LogP contribution is 2.44. The van der Waals surface area contributed by atoms with Crippen LogP contribution in [0.2, 0.25) is 0 Å². The quantitative estimate of drug-likeness (QED) is 0.0871. The number of hydrogen-bond donors (Lipinski definition) is 1. The van der Waals surface area contributed by atoms with E-state index in [-0.39, 0.29) is 17.6 Å². The van der Waals surface area contributed by atoms with Crippen molar-refractivity contribution in [2.45, 2.75) is 97.8 Å². The average Bonchev–Trinajstić information content (AvgIpc) is 3.78. The summed E-state index contributed by atoms with van der Waals surface area (Å²) < 4.78 is 11.7. The number of nitrogens with one attached hydrogen (secondary N) is 1. The third-order valence-electron chi connectivity index (χ3n) is 11.8. The van der Waals surface area contributed by atoms with Crippen molar-refractivity contribution in [3.05, 3.63) is 101 Å². The van der Waals surface area contributed by atoms with Crippen molar-refractivity contribution < 1.29 is 9.47 Å². The summed E-state index contributed by atoms with van der Waals surface area (Å²) in [5.41, 5.74) is 12.8. The second kappa shape index (κ2) is 14.9. The summed E-state index contributed by atoms with van der Waals surface area (Å²) in [7, 11) is 0. The largest absolute Gasteiger partial charge is 0.457 e. The Bertz CT molecular complexity index is 1970. The molecule has 2 heterocycles. The van der Waals surface area contributed by atoms with Gasteiger partial charge in [0, 0.05) is 34.0 Å².